The summed E-state index contributed by atoms with van der Waals surface area (Å²) in [4.78, 5) is 24.3. The van der Waals surface area contributed by atoms with Gasteiger partial charge in [-0.2, -0.15) is 189 Å². The van der Waals surface area contributed by atoms with E-state index in [9.17, 15) is 190 Å². The van der Waals surface area contributed by atoms with E-state index in [1.54, 1.807) is 13.8 Å². The fraction of sp³-hybridized carbons (Fsp3) is 0.950. The number of halogens is 43. The van der Waals surface area contributed by atoms with Crippen molar-refractivity contribution < 1.29 is 208 Å². The lowest BCUT2D eigenvalue weighted by Crippen LogP contribution is -2.80. The maximum atomic E-state index is 15.0. The molecule has 0 aliphatic heterocycles. The Balaban J connectivity index is 7.84. The summed E-state index contributed by atoms with van der Waals surface area (Å²) in [7, 11) is 0. The summed E-state index contributed by atoms with van der Waals surface area (Å²) >= 11 is 0. The lowest BCUT2D eigenvalue weighted by Gasteiger charge is -2.47. The molecule has 0 saturated carbocycles. The number of alkyl halides is 43. The highest BCUT2D eigenvalue weighted by Gasteiger charge is 3.03. The standard InChI is InChI=1S/C40H35F43O4/c1-3-5-7-9-11-13-18(84)86-16-17(87-19(85)14-12-10-8-6-4-2)15-20(41,42)21(43,44)22(45,46)23(47,48)24(49,50)25(51,52)26(53,54)27(55,56)28(57,58)29(59,60)30(61,62)31(63,64)32(65,66)33(67,68)34(69,70)35(71,72)36(73,74)37(75,76)38(77,78)39(79,80)40(81,82)83/h17H,3-16H2,1-2H3. The van der Waals surface area contributed by atoms with Crippen molar-refractivity contribution in [3.63, 3.8) is 0 Å². The zero-order valence-corrected chi connectivity index (χ0v) is 41.9. The fourth-order valence-corrected chi connectivity index (χ4v) is 6.56. The summed E-state index contributed by atoms with van der Waals surface area (Å²) in [6.07, 6.45) is -15.3. The van der Waals surface area contributed by atoms with Gasteiger partial charge in [-0.25, -0.2) is 0 Å². The lowest BCUT2D eigenvalue weighted by atomic mass is 9.81. The summed E-state index contributed by atoms with van der Waals surface area (Å²) in [5, 5.41) is 0. The average molecular weight is 1400 g/mol. The molecule has 0 radical (unpaired) electrons. The molecule has 0 fully saturated rings. The van der Waals surface area contributed by atoms with Gasteiger partial charge in [-0.3, -0.25) is 9.59 Å². The Bertz CT molecular complexity index is 2300. The van der Waals surface area contributed by atoms with Crippen LogP contribution in [0.1, 0.15) is 97.3 Å². The van der Waals surface area contributed by atoms with Crippen LogP contribution in [0.15, 0.2) is 0 Å². The molecule has 0 aliphatic rings. The zero-order chi connectivity index (χ0) is 70.5. The predicted molar refractivity (Wildman–Crippen MR) is 197 cm³/mol. The summed E-state index contributed by atoms with van der Waals surface area (Å²) in [6.45, 7) is 1.17. The van der Waals surface area contributed by atoms with Gasteiger partial charge in [0.2, 0.25) is 0 Å². The third kappa shape index (κ3) is 12.6. The van der Waals surface area contributed by atoms with Gasteiger partial charge in [0.25, 0.3) is 0 Å². The largest absolute Gasteiger partial charge is 0.462 e. The Morgan fingerprint density at radius 1 is 0.264 bits per heavy atom. The molecule has 0 saturated heterocycles. The van der Waals surface area contributed by atoms with Crippen molar-refractivity contribution in [1.29, 1.82) is 0 Å². The van der Waals surface area contributed by atoms with E-state index in [0.29, 0.717) is 32.1 Å². The number of esters is 2. The van der Waals surface area contributed by atoms with Gasteiger partial charge >= 0.3 is 137 Å². The highest BCUT2D eigenvalue weighted by Crippen LogP contribution is 2.72. The van der Waals surface area contributed by atoms with E-state index in [1.807, 2.05) is 0 Å². The first-order chi connectivity index (χ1) is 37.8. The molecule has 0 amide bonds. The smallest absolute Gasteiger partial charge is 0.460 e. The van der Waals surface area contributed by atoms with Crippen LogP contribution >= 0.6 is 0 Å². The lowest BCUT2D eigenvalue weighted by molar-refractivity contribution is -0.496. The van der Waals surface area contributed by atoms with Crippen LogP contribution < -0.4 is 0 Å². The molecule has 0 spiro atoms. The van der Waals surface area contributed by atoms with Gasteiger partial charge in [-0.1, -0.05) is 65.2 Å². The minimum atomic E-state index is -10.8. The van der Waals surface area contributed by atoms with Gasteiger partial charge in [-0.15, -0.1) is 0 Å². The molecule has 0 rings (SSSR count). The van der Waals surface area contributed by atoms with E-state index in [4.69, 9.17) is 0 Å². The first kappa shape index (κ1) is 82.9. The molecule has 0 aromatic rings. The van der Waals surface area contributed by atoms with Crippen molar-refractivity contribution in [2.24, 2.45) is 0 Å². The van der Waals surface area contributed by atoms with Crippen LogP contribution in [0.4, 0.5) is 189 Å². The van der Waals surface area contributed by atoms with Crippen molar-refractivity contribution in [1.82, 2.24) is 0 Å². The van der Waals surface area contributed by atoms with E-state index in [0.717, 1.165) is 0 Å². The molecular formula is C40H35F43O4. The van der Waals surface area contributed by atoms with E-state index < -0.39 is 169 Å². The monoisotopic (exact) mass is 1400 g/mol. The number of rotatable bonds is 36. The van der Waals surface area contributed by atoms with E-state index in [2.05, 4.69) is 9.47 Å². The van der Waals surface area contributed by atoms with Crippen LogP contribution in [0.3, 0.4) is 0 Å². The predicted octanol–water partition coefficient (Wildman–Crippen LogP) is 18.8. The van der Waals surface area contributed by atoms with Gasteiger partial charge < -0.3 is 9.47 Å². The molecule has 0 bridgehead atoms. The van der Waals surface area contributed by atoms with Gasteiger partial charge in [0.15, 0.2) is 0 Å². The van der Waals surface area contributed by atoms with Crippen LogP contribution in [0.2, 0.25) is 0 Å². The minimum Gasteiger partial charge on any atom is -0.462 e. The Morgan fingerprint density at radius 2 is 0.460 bits per heavy atom. The third-order valence-corrected chi connectivity index (χ3v) is 12.1. The van der Waals surface area contributed by atoms with Crippen LogP contribution in [0.5, 0.6) is 0 Å². The van der Waals surface area contributed by atoms with Crippen molar-refractivity contribution in [2.45, 2.75) is 228 Å². The number of ether oxygens (including phenoxy) is 2. The van der Waals surface area contributed by atoms with Gasteiger partial charge in [0, 0.05) is 12.8 Å². The average Bonchev–Trinajstić information content (AvgIpc) is 0.698. The van der Waals surface area contributed by atoms with E-state index in [-0.39, 0.29) is 32.1 Å². The highest BCUT2D eigenvalue weighted by atomic mass is 19.4. The highest BCUT2D eigenvalue weighted by molar-refractivity contribution is 5.70. The van der Waals surface area contributed by atoms with Crippen molar-refractivity contribution in [2.75, 3.05) is 6.61 Å². The fourth-order valence-electron chi connectivity index (χ4n) is 6.56. The summed E-state index contributed by atoms with van der Waals surface area (Å²) in [5.74, 6) is -205. The van der Waals surface area contributed by atoms with Crippen molar-refractivity contribution in [3.8, 4) is 0 Å². The van der Waals surface area contributed by atoms with E-state index >= 15 is 8.78 Å². The van der Waals surface area contributed by atoms with Crippen molar-refractivity contribution >= 4 is 11.9 Å². The Kier molecular flexibility index (Phi) is 23.7. The van der Waals surface area contributed by atoms with E-state index in [1.165, 1.54) is 0 Å². The molecule has 0 heterocycles. The second kappa shape index (κ2) is 24.9. The van der Waals surface area contributed by atoms with Gasteiger partial charge in [0.05, 0.1) is 6.42 Å². The Morgan fingerprint density at radius 3 is 0.678 bits per heavy atom. The number of unbranched alkanes of at least 4 members (excludes halogenated alkanes) is 8. The second-order valence-electron chi connectivity index (χ2n) is 18.4. The molecule has 4 nitrogen and oxygen atoms in total. The molecule has 87 heavy (non-hydrogen) atoms. The summed E-state index contributed by atoms with van der Waals surface area (Å²) < 4.78 is 616. The molecule has 520 valence electrons. The van der Waals surface area contributed by atoms with Gasteiger partial charge in [0.1, 0.15) is 12.7 Å². The number of carbonyl (C=O) groups is 2. The molecule has 0 N–H and O–H groups in total. The molecule has 1 atom stereocenters. The summed E-state index contributed by atoms with van der Waals surface area (Å²) in [5.41, 5.74) is 0. The molecule has 0 aliphatic carbocycles. The Labute approximate surface area is 455 Å². The maximum absolute atomic E-state index is 15.0. The molecule has 1 unspecified atom stereocenters. The quantitative estimate of drug-likeness (QED) is 0.0356. The third-order valence-electron chi connectivity index (χ3n) is 12.1. The SMILES string of the molecule is CCCCCCCC(=O)OCC(CC(F)(F)C(F)(F)C(F)(F)C(F)(F)C(F)(F)C(F)(F)C(F)(F)C(F)(F)C(F)(F)C(F)(F)C(F)(F)C(F)(F)C(F)(F)C(F)(F)C(F)(F)C(F)(F)C(F)(F)C(F)(F)C(F)(F)C(F)(F)C(F)(F)F)OC(=O)CCCCCCC. The second-order valence-corrected chi connectivity index (χ2v) is 18.4. The molecule has 0 aromatic heterocycles. The number of hydrogen-bond acceptors (Lipinski definition) is 4. The van der Waals surface area contributed by atoms with Crippen LogP contribution in [0.25, 0.3) is 0 Å². The number of carbonyl (C=O) groups excluding carboxylic acids is 2. The normalized spacial score (nSPS) is 16.3. The Hall–Kier alpha value is -4.07. The minimum absolute atomic E-state index is 0.0137. The van der Waals surface area contributed by atoms with Crippen molar-refractivity contribution in [3.05, 3.63) is 0 Å². The summed E-state index contributed by atoms with van der Waals surface area (Å²) in [6, 6.07) is 0. The molecule has 47 heteroatoms. The van der Waals surface area contributed by atoms with Crippen LogP contribution in [-0.4, -0.2) is 149 Å². The molecular weight excluding hydrogens is 1360 g/mol. The first-order valence-electron chi connectivity index (χ1n) is 22.8. The van der Waals surface area contributed by atoms with Gasteiger partial charge in [-0.05, 0) is 12.8 Å². The first-order valence-corrected chi connectivity index (χ1v) is 22.8. The molecule has 0 aromatic carbocycles. The van der Waals surface area contributed by atoms with Crippen LogP contribution in [0, 0.1) is 0 Å². The zero-order valence-electron chi connectivity index (χ0n) is 41.9. The number of hydrogen-bond donors (Lipinski definition) is 0. The topological polar surface area (TPSA) is 52.6 Å². The van der Waals surface area contributed by atoms with Crippen LogP contribution in [-0.2, 0) is 19.1 Å². The maximum Gasteiger partial charge on any atom is 0.460 e.